The van der Waals surface area contributed by atoms with Crippen LogP contribution in [0, 0.1) is 5.92 Å². The van der Waals surface area contributed by atoms with Crippen LogP contribution >= 0.6 is 0 Å². The van der Waals surface area contributed by atoms with E-state index < -0.39 is 6.29 Å². The van der Waals surface area contributed by atoms with Crippen molar-refractivity contribution < 1.29 is 23.8 Å². The zero-order valence-corrected chi connectivity index (χ0v) is 12.9. The number of cyclic esters (lactones) is 1. The molecule has 0 spiro atoms. The SMILES string of the molecule is CC1=C(C)C(O/C=C2/C(=[OH+])O[C@@H]3c4ccccc4C[C@H]23)OC1=[OH+]. The molecule has 3 atom stereocenters. The van der Waals surface area contributed by atoms with E-state index in [1.54, 1.807) is 6.92 Å². The molecule has 2 aliphatic heterocycles. The molecule has 0 saturated carbocycles. The van der Waals surface area contributed by atoms with Crippen LogP contribution in [0.15, 0.2) is 47.2 Å². The molecule has 1 saturated heterocycles. The van der Waals surface area contributed by atoms with Crippen molar-refractivity contribution in [2.75, 3.05) is 0 Å². The summed E-state index contributed by atoms with van der Waals surface area (Å²) in [4.78, 5) is 19.7. The van der Waals surface area contributed by atoms with Gasteiger partial charge >= 0.3 is 18.2 Å². The zero-order valence-electron chi connectivity index (χ0n) is 12.9. The Hall–Kier alpha value is -2.56. The van der Waals surface area contributed by atoms with Gasteiger partial charge in [-0.15, -0.1) is 0 Å². The highest BCUT2D eigenvalue weighted by atomic mass is 16.7. The first-order valence-corrected chi connectivity index (χ1v) is 7.63. The highest BCUT2D eigenvalue weighted by Crippen LogP contribution is 2.47. The molecule has 1 aliphatic carbocycles. The first-order chi connectivity index (χ1) is 11.1. The lowest BCUT2D eigenvalue weighted by Gasteiger charge is -2.06. The quantitative estimate of drug-likeness (QED) is 0.364. The highest BCUT2D eigenvalue weighted by Gasteiger charge is 2.53. The predicted molar refractivity (Wildman–Crippen MR) is 83.8 cm³/mol. The number of ether oxygens (including phenoxy) is 3. The second-order valence-electron chi connectivity index (χ2n) is 6.13. The van der Waals surface area contributed by atoms with Crippen molar-refractivity contribution in [2.24, 2.45) is 5.92 Å². The van der Waals surface area contributed by atoms with Crippen LogP contribution < -0.4 is 0 Å². The lowest BCUT2D eigenvalue weighted by atomic mass is 9.98. The lowest BCUT2D eigenvalue weighted by Crippen LogP contribution is -2.14. The van der Waals surface area contributed by atoms with Gasteiger partial charge in [-0.05, 0) is 25.8 Å². The molecule has 23 heavy (non-hydrogen) atoms. The van der Waals surface area contributed by atoms with Gasteiger partial charge in [0, 0.05) is 5.56 Å². The van der Waals surface area contributed by atoms with E-state index in [4.69, 9.17) is 14.2 Å². The van der Waals surface area contributed by atoms with E-state index in [1.165, 1.54) is 11.8 Å². The minimum Gasteiger partial charge on any atom is -0.436 e. The van der Waals surface area contributed by atoms with Crippen molar-refractivity contribution in [3.63, 3.8) is 0 Å². The van der Waals surface area contributed by atoms with Crippen molar-refractivity contribution >= 4 is 11.9 Å². The molecule has 1 aromatic carbocycles. The van der Waals surface area contributed by atoms with Gasteiger partial charge in [0.05, 0.1) is 11.5 Å². The normalized spacial score (nSPS) is 30.3. The third-order valence-electron chi connectivity index (χ3n) is 4.86. The molecule has 5 nitrogen and oxygen atoms in total. The molecule has 0 aromatic heterocycles. The standard InChI is InChI=1S/C18H16O5/c1-9-10(2)18(23-16(9)19)21-8-14-13-7-11-5-3-4-6-12(11)15(13)22-17(14)20/h3-6,8,13,15,18H,7H2,1-2H3/p+2/b14-8+/t13-,15-,18?/m1/s1. The third-order valence-corrected chi connectivity index (χ3v) is 4.86. The van der Waals surface area contributed by atoms with E-state index in [2.05, 4.69) is 6.07 Å². The Labute approximate surface area is 133 Å². The van der Waals surface area contributed by atoms with Crippen LogP contribution in [-0.4, -0.2) is 27.8 Å². The second-order valence-corrected chi connectivity index (χ2v) is 6.13. The molecule has 1 unspecified atom stereocenters. The first kappa shape index (κ1) is 14.1. The monoisotopic (exact) mass is 314 g/mol. The molecule has 2 heterocycles. The van der Waals surface area contributed by atoms with Crippen molar-refractivity contribution in [3.8, 4) is 0 Å². The van der Waals surface area contributed by atoms with E-state index in [0.717, 1.165) is 17.6 Å². The van der Waals surface area contributed by atoms with Crippen LogP contribution in [0.5, 0.6) is 0 Å². The van der Waals surface area contributed by atoms with Crippen LogP contribution in [0.3, 0.4) is 0 Å². The van der Waals surface area contributed by atoms with Crippen molar-refractivity contribution in [3.05, 3.63) is 58.4 Å². The highest BCUT2D eigenvalue weighted by molar-refractivity contribution is 5.93. The van der Waals surface area contributed by atoms with Crippen molar-refractivity contribution in [1.82, 2.24) is 0 Å². The van der Waals surface area contributed by atoms with Crippen LogP contribution in [0.4, 0.5) is 0 Å². The Bertz CT molecular complexity index is 773. The summed E-state index contributed by atoms with van der Waals surface area (Å²) in [7, 11) is 0. The molecule has 0 radical (unpaired) electrons. The van der Waals surface area contributed by atoms with Crippen molar-refractivity contribution in [2.45, 2.75) is 32.7 Å². The van der Waals surface area contributed by atoms with Gasteiger partial charge in [0.15, 0.2) is 0 Å². The maximum absolute atomic E-state index is 10.1. The summed E-state index contributed by atoms with van der Waals surface area (Å²) in [5, 5.41) is 0. The van der Waals surface area contributed by atoms with E-state index >= 15 is 0 Å². The Morgan fingerprint density at radius 3 is 2.65 bits per heavy atom. The summed E-state index contributed by atoms with van der Waals surface area (Å²) in [5.74, 6) is -0.177. The lowest BCUT2D eigenvalue weighted by molar-refractivity contribution is -0.00624. The van der Waals surface area contributed by atoms with Crippen LogP contribution in [0.2, 0.25) is 0 Å². The van der Waals surface area contributed by atoms with E-state index in [1.807, 2.05) is 25.1 Å². The molecule has 0 bridgehead atoms. The van der Waals surface area contributed by atoms with Crippen LogP contribution in [0.25, 0.3) is 0 Å². The van der Waals surface area contributed by atoms with Gasteiger partial charge in [-0.3, -0.25) is 4.74 Å². The molecule has 1 fully saturated rings. The number of carbonyl (C=O) groups excluding carboxylic acids is 2. The number of fused-ring (bicyclic) bond motifs is 3. The number of rotatable bonds is 2. The van der Waals surface area contributed by atoms with E-state index in [9.17, 15) is 9.59 Å². The molecule has 3 aliphatic rings. The molecular weight excluding hydrogens is 296 g/mol. The fourth-order valence-electron chi connectivity index (χ4n) is 3.35. The predicted octanol–water partition coefficient (Wildman–Crippen LogP) is 2.53. The van der Waals surface area contributed by atoms with Gasteiger partial charge in [-0.2, -0.15) is 0 Å². The Morgan fingerprint density at radius 1 is 1.13 bits per heavy atom. The summed E-state index contributed by atoms with van der Waals surface area (Å²) < 4.78 is 16.5. The van der Waals surface area contributed by atoms with Gasteiger partial charge in [-0.25, -0.2) is 0 Å². The minimum atomic E-state index is -0.668. The van der Waals surface area contributed by atoms with E-state index in [0.29, 0.717) is 11.1 Å². The van der Waals surface area contributed by atoms with Crippen LogP contribution in [0.1, 0.15) is 31.1 Å². The molecule has 1 aromatic rings. The number of esters is 2. The zero-order chi connectivity index (χ0) is 16.1. The summed E-state index contributed by atoms with van der Waals surface area (Å²) in [6, 6.07) is 8.09. The Morgan fingerprint density at radius 2 is 1.91 bits per heavy atom. The summed E-state index contributed by atoms with van der Waals surface area (Å²) >= 11 is 0. The Kier molecular flexibility index (Phi) is 3.04. The fourth-order valence-corrected chi connectivity index (χ4v) is 3.35. The minimum absolute atomic E-state index is 0.0387. The topological polar surface area (TPSA) is 70.5 Å². The Balaban J connectivity index is 1.57. The molecule has 0 amide bonds. The second kappa shape index (κ2) is 4.98. The largest absolute Gasteiger partial charge is 0.517 e. The molecule has 118 valence electrons. The van der Waals surface area contributed by atoms with Crippen molar-refractivity contribution in [1.29, 1.82) is 0 Å². The summed E-state index contributed by atoms with van der Waals surface area (Å²) in [5.41, 5.74) is 4.46. The van der Waals surface area contributed by atoms with Gasteiger partial charge < -0.3 is 19.1 Å². The first-order valence-electron chi connectivity index (χ1n) is 7.63. The van der Waals surface area contributed by atoms with Gasteiger partial charge in [0.1, 0.15) is 17.4 Å². The number of hydrogen-bond donors (Lipinski definition) is 0. The smallest absolute Gasteiger partial charge is 0.436 e. The van der Waals surface area contributed by atoms with Gasteiger partial charge in [-0.1, -0.05) is 24.3 Å². The average molecular weight is 314 g/mol. The summed E-state index contributed by atoms with van der Waals surface area (Å²) in [6.45, 7) is 3.61. The maximum atomic E-state index is 10.1. The fraction of sp³-hybridized carbons (Fsp3) is 0.333. The molecular formula is C18H18O5+2. The number of hydrogen-bond acceptors (Lipinski definition) is 3. The molecule has 5 heteroatoms. The molecule has 4 rings (SSSR count). The van der Waals surface area contributed by atoms with Crippen LogP contribution in [-0.2, 0) is 20.6 Å². The van der Waals surface area contributed by atoms with Gasteiger partial charge in [0.2, 0.25) is 6.10 Å². The maximum Gasteiger partial charge on any atom is 0.517 e. The molecule has 2 N–H and O–H groups in total. The van der Waals surface area contributed by atoms with E-state index in [-0.39, 0.29) is 24.0 Å². The van der Waals surface area contributed by atoms with Gasteiger partial charge in [0.25, 0.3) is 0 Å². The summed E-state index contributed by atoms with van der Waals surface area (Å²) in [6.07, 6.45) is 1.46. The third kappa shape index (κ3) is 2.07. The number of benzene rings is 1. The average Bonchev–Trinajstić information content (AvgIpc) is 3.12.